The van der Waals surface area contributed by atoms with Gasteiger partial charge in [-0.05, 0) is 11.1 Å². The monoisotopic (exact) mass is 438 g/mol. The fourth-order valence-electron chi connectivity index (χ4n) is 2.79. The van der Waals surface area contributed by atoms with Gasteiger partial charge in [0, 0.05) is 5.56 Å². The van der Waals surface area contributed by atoms with E-state index in [9.17, 15) is 4.79 Å². The van der Waals surface area contributed by atoms with Crippen molar-refractivity contribution in [2.24, 2.45) is 0 Å². The third-order valence-corrected chi connectivity index (χ3v) is 5.34. The molecule has 144 valence electrons. The van der Waals surface area contributed by atoms with Gasteiger partial charge in [-0.3, -0.25) is 4.79 Å². The second kappa shape index (κ2) is 10.9. The number of halogens is 1. The van der Waals surface area contributed by atoms with Gasteiger partial charge in [-0.15, -0.1) is 0 Å². The molecule has 3 rings (SSSR count). The molecule has 0 spiro atoms. The summed E-state index contributed by atoms with van der Waals surface area (Å²) in [4.78, 5) is 12.4. The SMILES string of the molecule is O=C(c1ccccc1)C(Br)C(COCc1ccccc1)OCc1ccccc1. The second-order valence-corrected chi connectivity index (χ2v) is 7.45. The van der Waals surface area contributed by atoms with E-state index in [2.05, 4.69) is 15.9 Å². The fraction of sp³-hybridized carbons (Fsp3) is 0.208. The zero-order valence-electron chi connectivity index (χ0n) is 15.5. The summed E-state index contributed by atoms with van der Waals surface area (Å²) >= 11 is 3.55. The van der Waals surface area contributed by atoms with E-state index in [1.54, 1.807) is 0 Å². The van der Waals surface area contributed by atoms with Crippen molar-refractivity contribution >= 4 is 21.7 Å². The Morgan fingerprint density at radius 1 is 0.750 bits per heavy atom. The highest BCUT2D eigenvalue weighted by Gasteiger charge is 2.28. The number of hydrogen-bond donors (Lipinski definition) is 0. The number of carbonyl (C=O) groups is 1. The van der Waals surface area contributed by atoms with Crippen LogP contribution in [0.3, 0.4) is 0 Å². The molecule has 0 aromatic heterocycles. The van der Waals surface area contributed by atoms with Gasteiger partial charge in [0.25, 0.3) is 0 Å². The van der Waals surface area contributed by atoms with Gasteiger partial charge in [0.2, 0.25) is 0 Å². The van der Waals surface area contributed by atoms with Crippen molar-refractivity contribution in [1.29, 1.82) is 0 Å². The summed E-state index contributed by atoms with van der Waals surface area (Å²) in [5.74, 6) is -0.0121. The van der Waals surface area contributed by atoms with Crippen LogP contribution >= 0.6 is 15.9 Å². The molecule has 3 aromatic rings. The number of ketones is 1. The van der Waals surface area contributed by atoms with Gasteiger partial charge in [0.1, 0.15) is 10.9 Å². The number of alkyl halides is 1. The molecule has 2 atom stereocenters. The first-order chi connectivity index (χ1) is 13.7. The first kappa shape index (κ1) is 20.5. The molecule has 4 heteroatoms. The van der Waals surface area contributed by atoms with Crippen molar-refractivity contribution < 1.29 is 14.3 Å². The lowest BCUT2D eigenvalue weighted by Gasteiger charge is -2.22. The van der Waals surface area contributed by atoms with Crippen molar-refractivity contribution in [3.63, 3.8) is 0 Å². The van der Waals surface area contributed by atoms with E-state index in [1.165, 1.54) is 0 Å². The molecule has 0 amide bonds. The van der Waals surface area contributed by atoms with Crippen LogP contribution in [0.15, 0.2) is 91.0 Å². The fourth-order valence-corrected chi connectivity index (χ4v) is 3.36. The van der Waals surface area contributed by atoms with Crippen LogP contribution in [0, 0.1) is 0 Å². The molecule has 0 aliphatic rings. The largest absolute Gasteiger partial charge is 0.374 e. The first-order valence-electron chi connectivity index (χ1n) is 9.24. The Morgan fingerprint density at radius 3 is 1.82 bits per heavy atom. The average molecular weight is 439 g/mol. The second-order valence-electron chi connectivity index (χ2n) is 6.47. The molecule has 0 bridgehead atoms. The van der Waals surface area contributed by atoms with Crippen LogP contribution in [0.25, 0.3) is 0 Å². The van der Waals surface area contributed by atoms with Crippen LogP contribution in [0.1, 0.15) is 21.5 Å². The summed E-state index contributed by atoms with van der Waals surface area (Å²) in [6.45, 7) is 1.21. The lowest BCUT2D eigenvalue weighted by Crippen LogP contribution is -2.35. The zero-order chi connectivity index (χ0) is 19.6. The lowest BCUT2D eigenvalue weighted by molar-refractivity contribution is -0.0264. The summed E-state index contributed by atoms with van der Waals surface area (Å²) < 4.78 is 11.9. The Hall–Kier alpha value is -2.27. The van der Waals surface area contributed by atoms with E-state index < -0.39 is 10.9 Å². The van der Waals surface area contributed by atoms with Gasteiger partial charge >= 0.3 is 0 Å². The molecule has 0 aliphatic heterocycles. The average Bonchev–Trinajstić information content (AvgIpc) is 2.77. The number of Topliss-reactive ketones (excluding diaryl/α,β-unsaturated/α-hetero) is 1. The molecular weight excluding hydrogens is 416 g/mol. The maximum atomic E-state index is 12.8. The minimum atomic E-state index is -0.491. The van der Waals surface area contributed by atoms with Crippen LogP contribution in [0.4, 0.5) is 0 Å². The molecule has 0 saturated carbocycles. The van der Waals surface area contributed by atoms with Crippen LogP contribution in [-0.2, 0) is 22.7 Å². The highest BCUT2D eigenvalue weighted by atomic mass is 79.9. The van der Waals surface area contributed by atoms with Crippen LogP contribution in [-0.4, -0.2) is 23.3 Å². The Kier molecular flexibility index (Phi) is 7.97. The van der Waals surface area contributed by atoms with Crippen molar-refractivity contribution in [2.45, 2.75) is 24.1 Å². The van der Waals surface area contributed by atoms with E-state index in [1.807, 2.05) is 91.0 Å². The predicted molar refractivity (Wildman–Crippen MR) is 115 cm³/mol. The molecule has 3 nitrogen and oxygen atoms in total. The Balaban J connectivity index is 1.64. The third kappa shape index (κ3) is 6.13. The summed E-state index contributed by atoms with van der Waals surface area (Å²) in [6, 6.07) is 29.1. The standard InChI is InChI=1S/C24H23BrO3/c25-23(24(26)21-14-8-3-9-15-21)22(28-17-20-12-6-2-7-13-20)18-27-16-19-10-4-1-5-11-19/h1-15,22-23H,16-18H2. The smallest absolute Gasteiger partial charge is 0.179 e. The zero-order valence-corrected chi connectivity index (χ0v) is 17.1. The quantitative estimate of drug-likeness (QED) is 0.312. The molecule has 0 saturated heterocycles. The summed E-state index contributed by atoms with van der Waals surface area (Å²) in [5, 5.41) is 0. The maximum Gasteiger partial charge on any atom is 0.179 e. The van der Waals surface area contributed by atoms with E-state index in [4.69, 9.17) is 9.47 Å². The Bertz CT molecular complexity index is 837. The summed E-state index contributed by atoms with van der Waals surface area (Å²) in [6.07, 6.45) is -0.406. The van der Waals surface area contributed by atoms with Crippen LogP contribution in [0.2, 0.25) is 0 Å². The molecule has 0 aliphatic carbocycles. The predicted octanol–water partition coefficient (Wildman–Crippen LogP) is 5.44. The molecule has 2 unspecified atom stereocenters. The first-order valence-corrected chi connectivity index (χ1v) is 10.2. The van der Waals surface area contributed by atoms with E-state index in [0.717, 1.165) is 11.1 Å². The van der Waals surface area contributed by atoms with Gasteiger partial charge in [0.05, 0.1) is 19.8 Å². The topological polar surface area (TPSA) is 35.5 Å². The number of hydrogen-bond acceptors (Lipinski definition) is 3. The minimum Gasteiger partial charge on any atom is -0.374 e. The molecule has 0 radical (unpaired) electrons. The van der Waals surface area contributed by atoms with E-state index in [-0.39, 0.29) is 5.78 Å². The van der Waals surface area contributed by atoms with Crippen LogP contribution in [0.5, 0.6) is 0 Å². The Labute approximate surface area is 174 Å². The van der Waals surface area contributed by atoms with Gasteiger partial charge in [-0.2, -0.15) is 0 Å². The lowest BCUT2D eigenvalue weighted by atomic mass is 10.1. The molecule has 3 aromatic carbocycles. The highest BCUT2D eigenvalue weighted by molar-refractivity contribution is 9.10. The third-order valence-electron chi connectivity index (χ3n) is 4.34. The number of rotatable bonds is 10. The molecular formula is C24H23BrO3. The maximum absolute atomic E-state index is 12.8. The summed E-state index contributed by atoms with van der Waals surface area (Å²) in [7, 11) is 0. The minimum absolute atomic E-state index is 0.0121. The Morgan fingerprint density at radius 2 is 1.25 bits per heavy atom. The van der Waals surface area contributed by atoms with Gasteiger partial charge in [0.15, 0.2) is 5.78 Å². The number of carbonyl (C=O) groups excluding carboxylic acids is 1. The van der Waals surface area contributed by atoms with Gasteiger partial charge in [-0.1, -0.05) is 107 Å². The van der Waals surface area contributed by atoms with E-state index in [0.29, 0.717) is 25.4 Å². The normalized spacial score (nSPS) is 13.0. The molecule has 0 heterocycles. The van der Waals surface area contributed by atoms with Crippen LogP contribution < -0.4 is 0 Å². The number of benzene rings is 3. The molecule has 28 heavy (non-hydrogen) atoms. The van der Waals surface area contributed by atoms with Crippen molar-refractivity contribution in [3.8, 4) is 0 Å². The summed E-state index contributed by atoms with van der Waals surface area (Å²) in [5.41, 5.74) is 2.80. The molecule has 0 fully saturated rings. The van der Waals surface area contributed by atoms with Gasteiger partial charge < -0.3 is 9.47 Å². The van der Waals surface area contributed by atoms with Crippen molar-refractivity contribution in [2.75, 3.05) is 6.61 Å². The highest BCUT2D eigenvalue weighted by Crippen LogP contribution is 2.19. The van der Waals surface area contributed by atoms with Crippen molar-refractivity contribution in [3.05, 3.63) is 108 Å². The van der Waals surface area contributed by atoms with Crippen molar-refractivity contribution in [1.82, 2.24) is 0 Å². The van der Waals surface area contributed by atoms with Gasteiger partial charge in [-0.25, -0.2) is 0 Å². The van der Waals surface area contributed by atoms with E-state index >= 15 is 0 Å². The molecule has 0 N–H and O–H groups in total. The number of ether oxygens (including phenoxy) is 2.